The number of hydrogen-bond donors (Lipinski definition) is 0. The summed E-state index contributed by atoms with van der Waals surface area (Å²) in [6.45, 7) is 6.88. The number of carbonyl (C=O) groups excluding carboxylic acids is 1. The molecule has 3 rings (SSSR count). The minimum absolute atomic E-state index is 0.238. The predicted octanol–water partition coefficient (Wildman–Crippen LogP) is 4.29. The van der Waals surface area contributed by atoms with Gasteiger partial charge in [-0.25, -0.2) is 4.79 Å². The molecule has 0 atom stereocenters. The van der Waals surface area contributed by atoms with Gasteiger partial charge in [0.15, 0.2) is 0 Å². The van der Waals surface area contributed by atoms with Crippen LogP contribution in [0.15, 0.2) is 29.8 Å². The largest absolute Gasteiger partial charge is 0.462 e. The summed E-state index contributed by atoms with van der Waals surface area (Å²) in [5, 5.41) is 0. The van der Waals surface area contributed by atoms with Crippen molar-refractivity contribution in [2.45, 2.75) is 52.0 Å². The molecule has 1 aromatic carbocycles. The van der Waals surface area contributed by atoms with Crippen LogP contribution >= 0.6 is 0 Å². The minimum atomic E-state index is -0.238. The van der Waals surface area contributed by atoms with Gasteiger partial charge < -0.3 is 4.74 Å². The third-order valence-corrected chi connectivity index (χ3v) is 5.35. The number of likely N-dealkylation sites (tertiary alicyclic amines) is 1. The van der Waals surface area contributed by atoms with Crippen molar-refractivity contribution in [2.24, 2.45) is 0 Å². The summed E-state index contributed by atoms with van der Waals surface area (Å²) >= 11 is 0. The van der Waals surface area contributed by atoms with Crippen LogP contribution in [-0.2, 0) is 4.74 Å². The van der Waals surface area contributed by atoms with E-state index >= 15 is 0 Å². The Morgan fingerprint density at radius 3 is 2.26 bits per heavy atom. The molecule has 0 N–H and O–H groups in total. The van der Waals surface area contributed by atoms with E-state index in [1.807, 2.05) is 31.2 Å². The number of hydrogen-bond acceptors (Lipinski definition) is 3. The van der Waals surface area contributed by atoms with E-state index in [2.05, 4.69) is 11.8 Å². The van der Waals surface area contributed by atoms with Gasteiger partial charge >= 0.3 is 5.97 Å². The molecule has 1 aliphatic heterocycles. The maximum absolute atomic E-state index is 11.7. The van der Waals surface area contributed by atoms with E-state index in [-0.39, 0.29) is 5.97 Å². The first-order valence-electron chi connectivity index (χ1n) is 8.89. The van der Waals surface area contributed by atoms with Gasteiger partial charge in [0, 0.05) is 19.1 Å². The first-order valence-corrected chi connectivity index (χ1v) is 8.89. The van der Waals surface area contributed by atoms with Crippen molar-refractivity contribution in [3.63, 3.8) is 0 Å². The predicted molar refractivity (Wildman–Crippen MR) is 93.4 cm³/mol. The number of esters is 1. The van der Waals surface area contributed by atoms with Gasteiger partial charge in [0.2, 0.25) is 0 Å². The molecule has 23 heavy (non-hydrogen) atoms. The fourth-order valence-corrected chi connectivity index (χ4v) is 3.56. The molecule has 0 amide bonds. The molecule has 0 unspecified atom stereocenters. The van der Waals surface area contributed by atoms with E-state index < -0.39 is 0 Å². The molecule has 2 fully saturated rings. The van der Waals surface area contributed by atoms with E-state index in [4.69, 9.17) is 4.74 Å². The Labute approximate surface area is 139 Å². The second kappa shape index (κ2) is 7.31. The maximum atomic E-state index is 11.7. The topological polar surface area (TPSA) is 29.5 Å². The molecule has 0 aromatic heterocycles. The molecule has 3 heteroatoms. The third-order valence-electron chi connectivity index (χ3n) is 5.35. The quantitative estimate of drug-likeness (QED) is 0.777. The molecule has 1 aromatic rings. The average Bonchev–Trinajstić information content (AvgIpc) is 2.54. The minimum Gasteiger partial charge on any atom is -0.462 e. The lowest BCUT2D eigenvalue weighted by Crippen LogP contribution is -2.43. The van der Waals surface area contributed by atoms with Crippen LogP contribution in [0.4, 0.5) is 0 Å². The van der Waals surface area contributed by atoms with E-state index in [1.165, 1.54) is 56.3 Å². The number of carbonyl (C=O) groups is 1. The third kappa shape index (κ3) is 3.66. The molecule has 1 saturated carbocycles. The molecule has 0 spiro atoms. The maximum Gasteiger partial charge on any atom is 0.338 e. The Balaban J connectivity index is 1.65. The summed E-state index contributed by atoms with van der Waals surface area (Å²) in [6.07, 6.45) is 6.57. The Morgan fingerprint density at radius 1 is 1.13 bits per heavy atom. The Hall–Kier alpha value is -1.61. The van der Waals surface area contributed by atoms with Crippen molar-refractivity contribution in [1.82, 2.24) is 4.90 Å². The first kappa shape index (κ1) is 16.3. The molecule has 1 aliphatic carbocycles. The Kier molecular flexibility index (Phi) is 5.16. The highest BCUT2D eigenvalue weighted by atomic mass is 16.5. The molecule has 1 heterocycles. The zero-order valence-corrected chi connectivity index (χ0v) is 14.3. The van der Waals surface area contributed by atoms with Crippen LogP contribution in [0.5, 0.6) is 0 Å². The van der Waals surface area contributed by atoms with E-state index in [1.54, 1.807) is 5.57 Å². The highest BCUT2D eigenvalue weighted by molar-refractivity contribution is 5.89. The van der Waals surface area contributed by atoms with Gasteiger partial charge in [-0.3, -0.25) is 4.90 Å². The van der Waals surface area contributed by atoms with E-state index in [0.29, 0.717) is 12.2 Å². The molecule has 0 radical (unpaired) electrons. The summed E-state index contributed by atoms with van der Waals surface area (Å²) in [5.74, 6) is -0.238. The molecule has 1 saturated heterocycles. The second-order valence-corrected chi connectivity index (χ2v) is 6.65. The van der Waals surface area contributed by atoms with Crippen LogP contribution < -0.4 is 0 Å². The SMILES string of the molecule is CCOC(=O)c1ccc(C(C)=C2CCN(C3CCC3)CC2)cc1. The zero-order valence-electron chi connectivity index (χ0n) is 14.3. The van der Waals surface area contributed by atoms with Crippen molar-refractivity contribution in [2.75, 3.05) is 19.7 Å². The Morgan fingerprint density at radius 2 is 1.74 bits per heavy atom. The Bertz CT molecular complexity index is 574. The van der Waals surface area contributed by atoms with E-state index in [9.17, 15) is 4.79 Å². The van der Waals surface area contributed by atoms with Crippen LogP contribution in [0.25, 0.3) is 5.57 Å². The normalized spacial score (nSPS) is 19.3. The van der Waals surface area contributed by atoms with Crippen LogP contribution in [-0.4, -0.2) is 36.6 Å². The monoisotopic (exact) mass is 313 g/mol. The zero-order chi connectivity index (χ0) is 16.2. The highest BCUT2D eigenvalue weighted by Crippen LogP contribution is 2.31. The molecule has 2 aliphatic rings. The summed E-state index contributed by atoms with van der Waals surface area (Å²) in [7, 11) is 0. The number of piperidine rings is 1. The van der Waals surface area contributed by atoms with E-state index in [0.717, 1.165) is 6.04 Å². The summed E-state index contributed by atoms with van der Waals surface area (Å²) < 4.78 is 5.04. The molecule has 3 nitrogen and oxygen atoms in total. The van der Waals surface area contributed by atoms with Crippen LogP contribution in [0, 0.1) is 0 Å². The second-order valence-electron chi connectivity index (χ2n) is 6.65. The molecule has 124 valence electrons. The van der Waals surface area contributed by atoms with Crippen molar-refractivity contribution >= 4 is 11.5 Å². The fourth-order valence-electron chi connectivity index (χ4n) is 3.56. The van der Waals surface area contributed by atoms with Gasteiger partial charge in [-0.2, -0.15) is 0 Å². The van der Waals surface area contributed by atoms with Gasteiger partial charge in [-0.05, 0) is 62.8 Å². The van der Waals surface area contributed by atoms with Gasteiger partial charge in [0.25, 0.3) is 0 Å². The van der Waals surface area contributed by atoms with Crippen molar-refractivity contribution in [1.29, 1.82) is 0 Å². The van der Waals surface area contributed by atoms with Crippen molar-refractivity contribution in [3.8, 4) is 0 Å². The van der Waals surface area contributed by atoms with Gasteiger partial charge in [0.1, 0.15) is 0 Å². The number of nitrogens with zero attached hydrogens (tertiary/aromatic N) is 1. The van der Waals surface area contributed by atoms with Gasteiger partial charge in [-0.15, -0.1) is 0 Å². The lowest BCUT2D eigenvalue weighted by Gasteiger charge is -2.40. The molecular weight excluding hydrogens is 286 g/mol. The molecular formula is C20H27NO2. The summed E-state index contributed by atoms with van der Waals surface area (Å²) in [4.78, 5) is 14.4. The highest BCUT2D eigenvalue weighted by Gasteiger charge is 2.27. The van der Waals surface area contributed by atoms with Crippen LogP contribution in [0.1, 0.15) is 61.9 Å². The van der Waals surface area contributed by atoms with Crippen LogP contribution in [0.2, 0.25) is 0 Å². The van der Waals surface area contributed by atoms with Crippen LogP contribution in [0.3, 0.4) is 0 Å². The molecule has 0 bridgehead atoms. The summed E-state index contributed by atoms with van der Waals surface area (Å²) in [6, 6.07) is 8.71. The smallest absolute Gasteiger partial charge is 0.338 e. The fraction of sp³-hybridized carbons (Fsp3) is 0.550. The number of ether oxygens (including phenoxy) is 1. The van der Waals surface area contributed by atoms with Crippen molar-refractivity contribution < 1.29 is 9.53 Å². The first-order chi connectivity index (χ1) is 11.2. The number of rotatable bonds is 4. The number of benzene rings is 1. The number of allylic oxidation sites excluding steroid dienone is 1. The average molecular weight is 313 g/mol. The lowest BCUT2D eigenvalue weighted by molar-refractivity contribution is 0.0526. The van der Waals surface area contributed by atoms with Gasteiger partial charge in [0.05, 0.1) is 12.2 Å². The van der Waals surface area contributed by atoms with Crippen molar-refractivity contribution in [3.05, 3.63) is 41.0 Å². The standard InChI is InChI=1S/C20H27NO2/c1-3-23-20(22)18-9-7-16(8-10-18)15(2)17-11-13-21(14-12-17)19-5-4-6-19/h7-10,19H,3-6,11-14H2,1-2H3. The summed E-state index contributed by atoms with van der Waals surface area (Å²) in [5.41, 5.74) is 4.82. The van der Waals surface area contributed by atoms with Gasteiger partial charge in [-0.1, -0.05) is 24.1 Å². The lowest BCUT2D eigenvalue weighted by atomic mass is 9.88.